The van der Waals surface area contributed by atoms with Crippen LogP contribution in [0.5, 0.6) is 0 Å². The number of nitrogens with zero attached hydrogens (tertiary/aromatic N) is 2. The second-order valence-electron chi connectivity index (χ2n) is 9.03. The third-order valence-electron chi connectivity index (χ3n) is 6.17. The van der Waals surface area contributed by atoms with Crippen molar-refractivity contribution in [3.63, 3.8) is 0 Å². The van der Waals surface area contributed by atoms with Gasteiger partial charge < -0.3 is 11.1 Å². The van der Waals surface area contributed by atoms with Gasteiger partial charge in [-0.25, -0.2) is 4.68 Å². The molecule has 0 aliphatic carbocycles. The average Bonchev–Trinajstić information content (AvgIpc) is 3.31. The maximum Gasteiger partial charge on any atom is 0.287 e. The Balaban J connectivity index is 0.00000400. The van der Waals surface area contributed by atoms with Gasteiger partial charge >= 0.3 is 0 Å². The van der Waals surface area contributed by atoms with Gasteiger partial charge in [0.15, 0.2) is 0 Å². The highest BCUT2D eigenvalue weighted by molar-refractivity contribution is 6.38. The van der Waals surface area contributed by atoms with Crippen molar-refractivity contribution < 1.29 is 14.4 Å². The van der Waals surface area contributed by atoms with E-state index in [1.807, 2.05) is 60.7 Å². The molecule has 38 heavy (non-hydrogen) atoms. The number of Topliss-reactive ketones (excluding diaryl/α,β-unsaturated/α-hetero) is 1. The van der Waals surface area contributed by atoms with E-state index in [1.54, 1.807) is 17.7 Å². The topological polar surface area (TPSA) is 107 Å². The predicted molar refractivity (Wildman–Crippen MR) is 150 cm³/mol. The Kier molecular flexibility index (Phi) is 9.96. The van der Waals surface area contributed by atoms with E-state index < -0.39 is 23.6 Å². The standard InChI is InChI=1S/C30H30N4O3.ClH/c1-21-19-27(30(37)32-26(28(35)29(31)36)20-24-11-6-3-7-12-24)34(33-21)25-17-15-23(16-18-25)14-8-13-22-9-4-2-5-10-22;/h2-7,9-12,15-19,26H,8,13-14,20H2,1H3,(H2,31,36)(H,32,37);1H. The molecule has 0 radical (unpaired) electrons. The molecule has 0 fully saturated rings. The van der Waals surface area contributed by atoms with E-state index in [2.05, 4.69) is 34.7 Å². The number of carbonyl (C=O) groups is 3. The first-order valence-corrected chi connectivity index (χ1v) is 12.3. The van der Waals surface area contributed by atoms with Gasteiger partial charge in [0.25, 0.3) is 11.8 Å². The van der Waals surface area contributed by atoms with Crippen molar-refractivity contribution >= 4 is 30.0 Å². The van der Waals surface area contributed by atoms with Crippen LogP contribution in [0.25, 0.3) is 5.69 Å². The largest absolute Gasteiger partial charge is 0.363 e. The molecule has 3 aromatic carbocycles. The van der Waals surface area contributed by atoms with E-state index in [-0.39, 0.29) is 24.5 Å². The van der Waals surface area contributed by atoms with Crippen LogP contribution >= 0.6 is 12.4 Å². The molecular weight excluding hydrogens is 500 g/mol. The SMILES string of the molecule is Cc1cc(C(=O)NC(Cc2ccccc2)C(=O)C(N)=O)n(-c2ccc(CCCc3ccccc3)cc2)n1.Cl. The van der Waals surface area contributed by atoms with Gasteiger partial charge in [-0.2, -0.15) is 5.10 Å². The van der Waals surface area contributed by atoms with Crippen LogP contribution in [0.2, 0.25) is 0 Å². The number of amides is 2. The summed E-state index contributed by atoms with van der Waals surface area (Å²) >= 11 is 0. The Hall–Kier alpha value is -4.23. The molecule has 4 rings (SSSR count). The summed E-state index contributed by atoms with van der Waals surface area (Å²) in [7, 11) is 0. The summed E-state index contributed by atoms with van der Waals surface area (Å²) < 4.78 is 1.55. The summed E-state index contributed by atoms with van der Waals surface area (Å²) in [5.41, 5.74) is 10.2. The molecule has 2 amide bonds. The van der Waals surface area contributed by atoms with Crippen molar-refractivity contribution in [3.05, 3.63) is 119 Å². The number of rotatable bonds is 11. The van der Waals surface area contributed by atoms with E-state index in [0.29, 0.717) is 5.69 Å². The number of nitrogens with one attached hydrogen (secondary N) is 1. The summed E-state index contributed by atoms with van der Waals surface area (Å²) in [4.78, 5) is 37.4. The summed E-state index contributed by atoms with van der Waals surface area (Å²) in [6, 6.07) is 28.0. The zero-order chi connectivity index (χ0) is 26.2. The molecule has 7 nitrogen and oxygen atoms in total. The lowest BCUT2D eigenvalue weighted by Crippen LogP contribution is -2.47. The first kappa shape index (κ1) is 28.3. The number of benzene rings is 3. The normalized spacial score (nSPS) is 11.3. The third-order valence-corrected chi connectivity index (χ3v) is 6.17. The van der Waals surface area contributed by atoms with Crippen molar-refractivity contribution in [2.45, 2.75) is 38.6 Å². The molecule has 1 unspecified atom stereocenters. The monoisotopic (exact) mass is 530 g/mol. The van der Waals surface area contributed by atoms with Crippen LogP contribution in [-0.4, -0.2) is 33.4 Å². The minimum atomic E-state index is -1.09. The van der Waals surface area contributed by atoms with E-state index in [1.165, 1.54) is 11.1 Å². The molecule has 0 bridgehead atoms. The number of primary amides is 1. The first-order chi connectivity index (χ1) is 17.9. The Morgan fingerprint density at radius 1 is 0.842 bits per heavy atom. The summed E-state index contributed by atoms with van der Waals surface area (Å²) in [5.74, 6) is -2.45. The molecule has 0 aliphatic heterocycles. The fourth-order valence-electron chi connectivity index (χ4n) is 4.27. The highest BCUT2D eigenvalue weighted by Crippen LogP contribution is 2.16. The second-order valence-corrected chi connectivity index (χ2v) is 9.03. The number of carbonyl (C=O) groups excluding carboxylic acids is 3. The van der Waals surface area contributed by atoms with Gasteiger partial charge in [-0.1, -0.05) is 72.8 Å². The van der Waals surface area contributed by atoms with E-state index in [4.69, 9.17) is 5.73 Å². The molecule has 196 valence electrons. The fraction of sp³-hybridized carbons (Fsp3) is 0.200. The zero-order valence-electron chi connectivity index (χ0n) is 21.2. The van der Waals surface area contributed by atoms with Gasteiger partial charge in [-0.3, -0.25) is 14.4 Å². The number of nitrogens with two attached hydrogens (primary N) is 1. The summed E-state index contributed by atoms with van der Waals surface area (Å²) in [6.45, 7) is 1.79. The van der Waals surface area contributed by atoms with Gasteiger partial charge in [-0.05, 0) is 61.1 Å². The molecule has 0 spiro atoms. The van der Waals surface area contributed by atoms with Crippen LogP contribution < -0.4 is 11.1 Å². The van der Waals surface area contributed by atoms with Crippen molar-refractivity contribution in [1.29, 1.82) is 0 Å². The Bertz CT molecular complexity index is 1370. The minimum absolute atomic E-state index is 0. The third kappa shape index (κ3) is 7.40. The van der Waals surface area contributed by atoms with E-state index in [9.17, 15) is 14.4 Å². The quantitative estimate of drug-likeness (QED) is 0.284. The smallest absolute Gasteiger partial charge is 0.287 e. The highest BCUT2D eigenvalue weighted by Gasteiger charge is 2.27. The molecule has 1 aromatic heterocycles. The fourth-order valence-corrected chi connectivity index (χ4v) is 4.27. The van der Waals surface area contributed by atoms with Crippen molar-refractivity contribution in [2.75, 3.05) is 0 Å². The Labute approximate surface area is 228 Å². The van der Waals surface area contributed by atoms with Crippen LogP contribution in [0.4, 0.5) is 0 Å². The number of hydrogen-bond acceptors (Lipinski definition) is 4. The van der Waals surface area contributed by atoms with Crippen LogP contribution in [0, 0.1) is 6.92 Å². The highest BCUT2D eigenvalue weighted by atomic mass is 35.5. The maximum atomic E-state index is 13.2. The lowest BCUT2D eigenvalue weighted by atomic mass is 10.0. The van der Waals surface area contributed by atoms with Gasteiger partial charge in [0.2, 0.25) is 5.78 Å². The van der Waals surface area contributed by atoms with E-state index in [0.717, 1.165) is 30.5 Å². The molecule has 0 saturated heterocycles. The first-order valence-electron chi connectivity index (χ1n) is 12.3. The van der Waals surface area contributed by atoms with Gasteiger partial charge in [0, 0.05) is 6.42 Å². The van der Waals surface area contributed by atoms with Crippen LogP contribution in [0.3, 0.4) is 0 Å². The molecule has 0 aliphatic rings. The maximum absolute atomic E-state index is 13.2. The average molecular weight is 531 g/mol. The van der Waals surface area contributed by atoms with Gasteiger partial charge in [-0.15, -0.1) is 12.4 Å². The van der Waals surface area contributed by atoms with Crippen LogP contribution in [-0.2, 0) is 28.9 Å². The minimum Gasteiger partial charge on any atom is -0.363 e. The molecular formula is C30H31ClN4O3. The number of aryl methyl sites for hydroxylation is 3. The number of hydrogen-bond donors (Lipinski definition) is 2. The van der Waals surface area contributed by atoms with Crippen molar-refractivity contribution in [1.82, 2.24) is 15.1 Å². The van der Waals surface area contributed by atoms with Crippen molar-refractivity contribution in [2.24, 2.45) is 5.73 Å². The number of ketones is 1. The molecule has 3 N–H and O–H groups in total. The lowest BCUT2D eigenvalue weighted by Gasteiger charge is -2.17. The van der Waals surface area contributed by atoms with Crippen molar-refractivity contribution in [3.8, 4) is 5.69 Å². The molecule has 1 heterocycles. The van der Waals surface area contributed by atoms with Gasteiger partial charge in [0.05, 0.1) is 11.4 Å². The zero-order valence-corrected chi connectivity index (χ0v) is 22.0. The molecule has 1 atom stereocenters. The van der Waals surface area contributed by atoms with Crippen LogP contribution in [0.15, 0.2) is 91.0 Å². The molecule has 8 heteroatoms. The van der Waals surface area contributed by atoms with Crippen LogP contribution in [0.1, 0.15) is 39.3 Å². The Morgan fingerprint density at radius 3 is 1.97 bits per heavy atom. The number of aromatic nitrogens is 2. The van der Waals surface area contributed by atoms with E-state index >= 15 is 0 Å². The summed E-state index contributed by atoms with van der Waals surface area (Å²) in [6.07, 6.45) is 3.14. The predicted octanol–water partition coefficient (Wildman–Crippen LogP) is 4.17. The summed E-state index contributed by atoms with van der Waals surface area (Å²) in [5, 5.41) is 7.18. The second kappa shape index (κ2) is 13.4. The molecule has 4 aromatic rings. The molecule has 0 saturated carbocycles. The Morgan fingerprint density at radius 2 is 1.39 bits per heavy atom. The number of halogens is 1. The lowest BCUT2D eigenvalue weighted by molar-refractivity contribution is -0.137. The van der Waals surface area contributed by atoms with Gasteiger partial charge in [0.1, 0.15) is 11.7 Å².